The molecule has 16 heavy (non-hydrogen) atoms. The molecule has 0 aromatic rings. The van der Waals surface area contributed by atoms with Crippen LogP contribution in [-0.2, 0) is 4.79 Å². The van der Waals surface area contributed by atoms with Gasteiger partial charge in [-0.1, -0.05) is 19.3 Å². The van der Waals surface area contributed by atoms with Gasteiger partial charge < -0.3 is 10.2 Å². The maximum Gasteiger partial charge on any atom is 0.315 e. The number of hydrogen-bond acceptors (Lipinski definition) is 2. The van der Waals surface area contributed by atoms with Crippen molar-refractivity contribution in [3.8, 4) is 0 Å². The number of hydrogen-bond donors (Lipinski definition) is 1. The smallest absolute Gasteiger partial charge is 0.315 e. The highest BCUT2D eigenvalue weighted by Crippen LogP contribution is 2.35. The summed E-state index contributed by atoms with van der Waals surface area (Å²) in [5.41, 5.74) is -0.329. The molecule has 0 radical (unpaired) electrons. The summed E-state index contributed by atoms with van der Waals surface area (Å²) >= 11 is 0. The van der Waals surface area contributed by atoms with E-state index in [-0.39, 0.29) is 5.54 Å². The Balaban J connectivity index is 2.15. The lowest BCUT2D eigenvalue weighted by atomic mass is 9.79. The standard InChI is InChI=1S/C11H18F2N2O/c12-9(13)10(16)15-7-6-14-8-11(15)4-2-1-3-5-11/h9,14H,1-8H2. The SMILES string of the molecule is O=C(C(F)F)N1CCNCC12CCCCC2. The molecule has 1 spiro atoms. The van der Waals surface area contributed by atoms with E-state index in [1.165, 1.54) is 4.90 Å². The molecule has 0 unspecified atom stereocenters. The first kappa shape index (κ1) is 11.8. The molecule has 1 saturated carbocycles. The van der Waals surface area contributed by atoms with Gasteiger partial charge in [0.1, 0.15) is 0 Å². The number of nitrogens with one attached hydrogen (secondary N) is 1. The van der Waals surface area contributed by atoms with Crippen molar-refractivity contribution in [2.45, 2.75) is 44.1 Å². The highest BCUT2D eigenvalue weighted by atomic mass is 19.3. The number of amides is 1. The van der Waals surface area contributed by atoms with Gasteiger partial charge in [-0.2, -0.15) is 8.78 Å². The van der Waals surface area contributed by atoms with Gasteiger partial charge in [0.05, 0.1) is 5.54 Å². The normalized spacial score (nSPS) is 25.1. The molecule has 2 rings (SSSR count). The van der Waals surface area contributed by atoms with Gasteiger partial charge in [0, 0.05) is 19.6 Å². The fraction of sp³-hybridized carbons (Fsp3) is 0.909. The Morgan fingerprint density at radius 1 is 1.25 bits per heavy atom. The quantitative estimate of drug-likeness (QED) is 0.741. The van der Waals surface area contributed by atoms with Gasteiger partial charge >= 0.3 is 6.43 Å². The predicted octanol–water partition coefficient (Wildman–Crippen LogP) is 1.39. The Kier molecular flexibility index (Phi) is 3.42. The van der Waals surface area contributed by atoms with Crippen LogP contribution in [0.2, 0.25) is 0 Å². The summed E-state index contributed by atoms with van der Waals surface area (Å²) < 4.78 is 25.1. The molecule has 1 aliphatic carbocycles. The Hall–Kier alpha value is -0.710. The molecular formula is C11H18F2N2O. The van der Waals surface area contributed by atoms with Crippen LogP contribution in [0.4, 0.5) is 8.78 Å². The molecule has 1 saturated heterocycles. The number of nitrogens with zero attached hydrogens (tertiary/aromatic N) is 1. The summed E-state index contributed by atoms with van der Waals surface area (Å²) in [6, 6.07) is 0. The van der Waals surface area contributed by atoms with Crippen LogP contribution in [0.3, 0.4) is 0 Å². The van der Waals surface area contributed by atoms with E-state index in [9.17, 15) is 13.6 Å². The molecule has 0 bridgehead atoms. The second-order valence-electron chi connectivity index (χ2n) is 4.75. The van der Waals surface area contributed by atoms with Gasteiger partial charge in [0.25, 0.3) is 5.91 Å². The van der Waals surface area contributed by atoms with Gasteiger partial charge in [-0.25, -0.2) is 0 Å². The average molecular weight is 232 g/mol. The lowest BCUT2D eigenvalue weighted by Crippen LogP contribution is -2.64. The second-order valence-corrected chi connectivity index (χ2v) is 4.75. The topological polar surface area (TPSA) is 32.3 Å². The van der Waals surface area contributed by atoms with E-state index >= 15 is 0 Å². The Bertz CT molecular complexity index is 256. The van der Waals surface area contributed by atoms with E-state index in [1.54, 1.807) is 0 Å². The van der Waals surface area contributed by atoms with E-state index in [4.69, 9.17) is 0 Å². The van der Waals surface area contributed by atoms with Crippen LogP contribution in [0.25, 0.3) is 0 Å². The average Bonchev–Trinajstić information content (AvgIpc) is 2.30. The highest BCUT2D eigenvalue weighted by Gasteiger charge is 2.44. The molecule has 2 aliphatic rings. The Morgan fingerprint density at radius 2 is 1.94 bits per heavy atom. The van der Waals surface area contributed by atoms with E-state index in [2.05, 4.69) is 5.32 Å². The fourth-order valence-electron chi connectivity index (χ4n) is 2.96. The third kappa shape index (κ3) is 2.05. The Morgan fingerprint density at radius 3 is 2.56 bits per heavy atom. The van der Waals surface area contributed by atoms with Crippen molar-refractivity contribution in [3.05, 3.63) is 0 Å². The predicted molar refractivity (Wildman–Crippen MR) is 56.4 cm³/mol. The lowest BCUT2D eigenvalue weighted by molar-refractivity contribution is -0.152. The number of carbonyl (C=O) groups excluding carboxylic acids is 1. The zero-order valence-corrected chi connectivity index (χ0v) is 9.35. The molecule has 3 nitrogen and oxygen atoms in total. The molecule has 1 heterocycles. The van der Waals surface area contributed by atoms with Crippen molar-refractivity contribution in [2.75, 3.05) is 19.6 Å². The molecule has 1 amide bonds. The molecule has 92 valence electrons. The van der Waals surface area contributed by atoms with Crippen LogP contribution >= 0.6 is 0 Å². The largest absolute Gasteiger partial charge is 0.330 e. The van der Waals surface area contributed by atoms with Crippen LogP contribution in [0.5, 0.6) is 0 Å². The number of rotatable bonds is 1. The van der Waals surface area contributed by atoms with Crippen molar-refractivity contribution in [2.24, 2.45) is 0 Å². The first-order chi connectivity index (χ1) is 7.66. The third-order valence-electron chi connectivity index (χ3n) is 3.78. The zero-order chi connectivity index (χ0) is 11.6. The minimum atomic E-state index is -2.86. The van der Waals surface area contributed by atoms with Crippen LogP contribution < -0.4 is 5.32 Å². The summed E-state index contributed by atoms with van der Waals surface area (Å²) in [5, 5.41) is 3.23. The first-order valence-electron chi connectivity index (χ1n) is 5.96. The molecule has 0 atom stereocenters. The fourth-order valence-corrected chi connectivity index (χ4v) is 2.96. The van der Waals surface area contributed by atoms with Gasteiger partial charge in [-0.05, 0) is 12.8 Å². The molecule has 0 aromatic carbocycles. The minimum absolute atomic E-state index is 0.329. The summed E-state index contributed by atoms with van der Waals surface area (Å²) in [6.07, 6.45) is 2.08. The van der Waals surface area contributed by atoms with Gasteiger partial charge in [0.2, 0.25) is 0 Å². The summed E-state index contributed by atoms with van der Waals surface area (Å²) in [4.78, 5) is 13.0. The van der Waals surface area contributed by atoms with Crippen molar-refractivity contribution in [3.63, 3.8) is 0 Å². The summed E-state index contributed by atoms with van der Waals surface area (Å²) in [6.45, 7) is 1.72. The number of halogens is 2. The second kappa shape index (κ2) is 4.65. The van der Waals surface area contributed by atoms with Crippen molar-refractivity contribution in [1.29, 1.82) is 0 Å². The lowest BCUT2D eigenvalue weighted by Gasteiger charge is -2.49. The molecule has 5 heteroatoms. The van der Waals surface area contributed by atoms with Gasteiger partial charge in [-0.15, -0.1) is 0 Å². The number of piperazine rings is 1. The van der Waals surface area contributed by atoms with E-state index in [1.807, 2.05) is 0 Å². The van der Waals surface area contributed by atoms with Crippen molar-refractivity contribution >= 4 is 5.91 Å². The first-order valence-corrected chi connectivity index (χ1v) is 5.96. The van der Waals surface area contributed by atoms with Crippen LogP contribution in [0.1, 0.15) is 32.1 Å². The van der Waals surface area contributed by atoms with Crippen molar-refractivity contribution < 1.29 is 13.6 Å². The molecule has 1 N–H and O–H groups in total. The van der Waals surface area contributed by atoms with Crippen LogP contribution in [0.15, 0.2) is 0 Å². The van der Waals surface area contributed by atoms with Crippen LogP contribution in [-0.4, -0.2) is 42.4 Å². The molecule has 0 aromatic heterocycles. The minimum Gasteiger partial charge on any atom is -0.330 e. The van der Waals surface area contributed by atoms with Gasteiger partial charge in [0.15, 0.2) is 0 Å². The number of carbonyl (C=O) groups is 1. The monoisotopic (exact) mass is 232 g/mol. The maximum atomic E-state index is 12.5. The summed E-state index contributed by atoms with van der Waals surface area (Å²) in [7, 11) is 0. The highest BCUT2D eigenvalue weighted by molar-refractivity contribution is 5.80. The van der Waals surface area contributed by atoms with E-state index in [0.29, 0.717) is 19.6 Å². The maximum absolute atomic E-state index is 12.5. The number of alkyl halides is 2. The summed E-state index contributed by atoms with van der Waals surface area (Å²) in [5.74, 6) is -0.983. The van der Waals surface area contributed by atoms with Crippen molar-refractivity contribution in [1.82, 2.24) is 10.2 Å². The van der Waals surface area contributed by atoms with E-state index in [0.717, 1.165) is 32.1 Å². The zero-order valence-electron chi connectivity index (χ0n) is 9.35. The Labute approximate surface area is 94.2 Å². The van der Waals surface area contributed by atoms with Crippen LogP contribution in [0, 0.1) is 0 Å². The van der Waals surface area contributed by atoms with Gasteiger partial charge in [-0.3, -0.25) is 4.79 Å². The third-order valence-corrected chi connectivity index (χ3v) is 3.78. The van der Waals surface area contributed by atoms with E-state index < -0.39 is 12.3 Å². The molecule has 1 aliphatic heterocycles. The molecular weight excluding hydrogens is 214 g/mol. The molecule has 2 fully saturated rings.